The van der Waals surface area contributed by atoms with Crippen LogP contribution in [0.15, 0.2) is 65.3 Å². The molecule has 0 spiro atoms. The molecule has 0 aliphatic carbocycles. The number of nitrogens with one attached hydrogen (secondary N) is 1. The summed E-state index contributed by atoms with van der Waals surface area (Å²) in [5, 5.41) is 33.8. The number of benzene rings is 2. The average Bonchev–Trinajstić information content (AvgIpc) is 2.87. The zero-order chi connectivity index (χ0) is 24.8. The predicted molar refractivity (Wildman–Crippen MR) is 138 cm³/mol. The quantitative estimate of drug-likeness (QED) is 0.194. The topological polar surface area (TPSA) is 93.0 Å². The zero-order valence-corrected chi connectivity index (χ0v) is 20.4. The van der Waals surface area contributed by atoms with E-state index in [4.69, 9.17) is 0 Å². The van der Waals surface area contributed by atoms with Crippen molar-refractivity contribution in [3.63, 3.8) is 0 Å². The minimum absolute atomic E-state index is 0.0930. The molecule has 180 valence electrons. The van der Waals surface area contributed by atoms with Crippen LogP contribution in [0.5, 0.6) is 17.2 Å². The number of hydrogen-bond acceptors (Lipinski definition) is 5. The van der Waals surface area contributed by atoms with E-state index >= 15 is 0 Å². The fraction of sp³-hybridized carbons (Fsp3) is 0.321. The van der Waals surface area contributed by atoms with E-state index in [-0.39, 0.29) is 46.6 Å². The van der Waals surface area contributed by atoms with Gasteiger partial charge in [-0.15, -0.1) is 0 Å². The first-order valence-corrected chi connectivity index (χ1v) is 11.6. The Balaban J connectivity index is 1.80. The standard InChI is InChI=1S/C28H34N2O4/c1-18(2)8-5-9-19(3)10-6-11-20(4)14-15-30-23-16-21(31)17-25(33)27(23)29-26-22(28(30)34)12-7-13-24(26)32/h7-8,10,12-14,16-17,29,31-33H,5-6,9,11,15H2,1-4H3/b19-10-,20-14-. The highest BCUT2D eigenvalue weighted by molar-refractivity contribution is 6.15. The molecule has 1 amide bonds. The van der Waals surface area contributed by atoms with Gasteiger partial charge in [-0.1, -0.05) is 41.0 Å². The van der Waals surface area contributed by atoms with Gasteiger partial charge in [0, 0.05) is 18.7 Å². The van der Waals surface area contributed by atoms with E-state index in [0.29, 0.717) is 5.69 Å². The van der Waals surface area contributed by atoms with Crippen LogP contribution >= 0.6 is 0 Å². The molecule has 0 aromatic heterocycles. The lowest BCUT2D eigenvalue weighted by Crippen LogP contribution is -2.30. The first-order valence-electron chi connectivity index (χ1n) is 11.6. The van der Waals surface area contributed by atoms with E-state index in [1.807, 2.05) is 13.0 Å². The Bertz CT molecular complexity index is 1160. The van der Waals surface area contributed by atoms with Gasteiger partial charge in [0.15, 0.2) is 0 Å². The molecule has 1 aliphatic rings. The Labute approximate surface area is 201 Å². The second-order valence-electron chi connectivity index (χ2n) is 9.06. The van der Waals surface area contributed by atoms with E-state index in [2.05, 4.69) is 38.2 Å². The number of nitrogens with zero attached hydrogens (tertiary/aromatic N) is 1. The zero-order valence-electron chi connectivity index (χ0n) is 20.4. The van der Waals surface area contributed by atoms with Crippen molar-refractivity contribution in [2.75, 3.05) is 16.8 Å². The number of carbonyl (C=O) groups is 1. The van der Waals surface area contributed by atoms with E-state index in [0.717, 1.165) is 31.3 Å². The molecule has 4 N–H and O–H groups in total. The van der Waals surface area contributed by atoms with Crippen molar-refractivity contribution in [2.24, 2.45) is 0 Å². The molecule has 2 aromatic carbocycles. The lowest BCUT2D eigenvalue weighted by molar-refractivity contribution is 0.0991. The molecule has 3 rings (SSSR count). The minimum atomic E-state index is -0.332. The van der Waals surface area contributed by atoms with Crippen molar-refractivity contribution < 1.29 is 20.1 Å². The molecule has 0 fully saturated rings. The fourth-order valence-corrected chi connectivity index (χ4v) is 3.94. The van der Waals surface area contributed by atoms with Crippen LogP contribution < -0.4 is 10.2 Å². The lowest BCUT2D eigenvalue weighted by atomic mass is 10.1. The summed E-state index contributed by atoms with van der Waals surface area (Å²) in [6, 6.07) is 7.34. The van der Waals surface area contributed by atoms with E-state index in [9.17, 15) is 20.1 Å². The molecule has 0 saturated carbocycles. The Morgan fingerprint density at radius 2 is 1.56 bits per heavy atom. The van der Waals surface area contributed by atoms with Crippen LogP contribution in [0.3, 0.4) is 0 Å². The lowest BCUT2D eigenvalue weighted by Gasteiger charge is -2.22. The van der Waals surface area contributed by atoms with Gasteiger partial charge in [-0.25, -0.2) is 0 Å². The first kappa shape index (κ1) is 25.0. The summed E-state index contributed by atoms with van der Waals surface area (Å²) in [6.45, 7) is 8.68. The molecule has 0 bridgehead atoms. The number of para-hydroxylation sites is 1. The van der Waals surface area contributed by atoms with Crippen molar-refractivity contribution in [1.29, 1.82) is 0 Å². The predicted octanol–water partition coefficient (Wildman–Crippen LogP) is 6.93. The smallest absolute Gasteiger partial charge is 0.260 e. The second-order valence-corrected chi connectivity index (χ2v) is 9.06. The highest BCUT2D eigenvalue weighted by Gasteiger charge is 2.29. The van der Waals surface area contributed by atoms with Gasteiger partial charge in [0.2, 0.25) is 0 Å². The summed E-state index contributed by atoms with van der Waals surface area (Å²) in [7, 11) is 0. The number of fused-ring (bicyclic) bond motifs is 2. The summed E-state index contributed by atoms with van der Waals surface area (Å²) >= 11 is 0. The third-order valence-electron chi connectivity index (χ3n) is 5.89. The Morgan fingerprint density at radius 1 is 0.882 bits per heavy atom. The molecule has 2 aromatic rings. The third-order valence-corrected chi connectivity index (χ3v) is 5.89. The second kappa shape index (κ2) is 11.0. The van der Waals surface area contributed by atoms with Crippen LogP contribution in [0.4, 0.5) is 17.1 Å². The molecule has 34 heavy (non-hydrogen) atoms. The largest absolute Gasteiger partial charge is 0.508 e. The summed E-state index contributed by atoms with van der Waals surface area (Å²) in [4.78, 5) is 14.9. The molecule has 0 saturated heterocycles. The Hall–Kier alpha value is -3.67. The Morgan fingerprint density at radius 3 is 2.26 bits per heavy atom. The summed E-state index contributed by atoms with van der Waals surface area (Å²) in [5.41, 5.74) is 4.97. The highest BCUT2D eigenvalue weighted by atomic mass is 16.3. The number of phenolic OH excluding ortho intramolecular Hbond substituents is 3. The molecule has 0 unspecified atom stereocenters. The van der Waals surface area contributed by atoms with Crippen LogP contribution in [0.25, 0.3) is 0 Å². The van der Waals surface area contributed by atoms with Crippen molar-refractivity contribution in [3.05, 3.63) is 70.8 Å². The number of aromatic hydroxyl groups is 3. The van der Waals surface area contributed by atoms with E-state index in [1.54, 1.807) is 12.1 Å². The summed E-state index contributed by atoms with van der Waals surface area (Å²) < 4.78 is 0. The van der Waals surface area contributed by atoms with Crippen molar-refractivity contribution >= 4 is 23.0 Å². The average molecular weight is 463 g/mol. The molecule has 0 atom stereocenters. The van der Waals surface area contributed by atoms with Gasteiger partial charge in [-0.05, 0) is 65.5 Å². The van der Waals surface area contributed by atoms with Gasteiger partial charge < -0.3 is 25.5 Å². The molecule has 1 heterocycles. The van der Waals surface area contributed by atoms with Gasteiger partial charge in [-0.2, -0.15) is 0 Å². The third kappa shape index (κ3) is 6.01. The molecule has 6 nitrogen and oxygen atoms in total. The molecule has 6 heteroatoms. The van der Waals surface area contributed by atoms with Gasteiger partial charge in [0.05, 0.1) is 16.9 Å². The van der Waals surface area contributed by atoms with Gasteiger partial charge in [0.25, 0.3) is 5.91 Å². The molecular weight excluding hydrogens is 428 g/mol. The van der Waals surface area contributed by atoms with E-state index in [1.165, 1.54) is 34.2 Å². The normalized spacial score (nSPS) is 13.6. The van der Waals surface area contributed by atoms with Crippen LogP contribution in [-0.4, -0.2) is 27.8 Å². The van der Waals surface area contributed by atoms with E-state index < -0.39 is 0 Å². The SMILES string of the molecule is CC(C)=CCC/C(C)=C\CC/C(C)=C\CN1C(=O)c2cccc(O)c2Nc2c(O)cc(O)cc21. The van der Waals surface area contributed by atoms with Crippen LogP contribution in [0.2, 0.25) is 0 Å². The maximum atomic E-state index is 13.4. The van der Waals surface area contributed by atoms with Crippen LogP contribution in [0, 0.1) is 0 Å². The number of hydrogen-bond donors (Lipinski definition) is 4. The van der Waals surface area contributed by atoms with Crippen molar-refractivity contribution in [3.8, 4) is 17.2 Å². The molecule has 1 aliphatic heterocycles. The van der Waals surface area contributed by atoms with Gasteiger partial charge in [0.1, 0.15) is 22.9 Å². The fourth-order valence-electron chi connectivity index (χ4n) is 3.94. The number of allylic oxidation sites excluding steroid dienone is 5. The number of carbonyl (C=O) groups excluding carboxylic acids is 1. The number of amides is 1. The monoisotopic (exact) mass is 462 g/mol. The maximum absolute atomic E-state index is 13.4. The van der Waals surface area contributed by atoms with Crippen molar-refractivity contribution in [2.45, 2.75) is 53.4 Å². The summed E-state index contributed by atoms with van der Waals surface area (Å²) in [5.74, 6) is -0.787. The minimum Gasteiger partial charge on any atom is -0.508 e. The molecular formula is C28H34N2O4. The summed E-state index contributed by atoms with van der Waals surface area (Å²) in [6.07, 6.45) is 10.4. The van der Waals surface area contributed by atoms with Crippen LogP contribution in [-0.2, 0) is 0 Å². The maximum Gasteiger partial charge on any atom is 0.260 e. The van der Waals surface area contributed by atoms with Crippen LogP contribution in [0.1, 0.15) is 63.7 Å². The van der Waals surface area contributed by atoms with Gasteiger partial charge >= 0.3 is 0 Å². The highest BCUT2D eigenvalue weighted by Crippen LogP contribution is 2.45. The van der Waals surface area contributed by atoms with Crippen molar-refractivity contribution in [1.82, 2.24) is 0 Å². The number of rotatable bonds is 8. The Kier molecular flexibility index (Phi) is 8.05. The number of anilines is 3. The van der Waals surface area contributed by atoms with Gasteiger partial charge in [-0.3, -0.25) is 4.79 Å². The molecule has 0 radical (unpaired) electrons. The number of phenols is 3. The first-order chi connectivity index (χ1) is 16.2.